The Hall–Kier alpha value is -5.77. The third kappa shape index (κ3) is 5.39. The number of aromatic amines is 2. The summed E-state index contributed by atoms with van der Waals surface area (Å²) < 4.78 is 23.1. The normalized spacial score (nSPS) is 10.7. The van der Waals surface area contributed by atoms with Gasteiger partial charge in [-0.3, -0.25) is 0 Å². The van der Waals surface area contributed by atoms with Gasteiger partial charge < -0.3 is 18.5 Å². The fourth-order valence-electron chi connectivity index (χ4n) is 3.50. The van der Waals surface area contributed by atoms with E-state index in [0.29, 0.717) is 28.4 Å². The number of ether oxygens (including phenoxy) is 2. The molecule has 3 aromatic carbocycles. The van der Waals surface area contributed by atoms with Gasteiger partial charge in [-0.15, -0.1) is 9.48 Å². The number of nitriles is 1. The van der Waals surface area contributed by atoms with Gasteiger partial charge in [0.25, 0.3) is 0 Å². The van der Waals surface area contributed by atoms with Crippen LogP contribution in [0.4, 0.5) is 0 Å². The average Bonchev–Trinajstić information content (AvgIpc) is 3.39. The Morgan fingerprint density at radius 1 is 0.684 bits per heavy atom. The molecule has 2 aromatic heterocycles. The first-order chi connectivity index (χ1) is 18.4. The molecule has 5 rings (SSSR count). The number of hydrogen-bond donors (Lipinski definition) is 2. The van der Waals surface area contributed by atoms with Gasteiger partial charge in [0.1, 0.15) is 29.1 Å². The van der Waals surface area contributed by atoms with Crippen molar-refractivity contribution in [2.45, 2.75) is 13.1 Å². The summed E-state index contributed by atoms with van der Waals surface area (Å²) in [5.41, 5.74) is 0.394. The standard InChI is InChI=1S/C25H17N5O8/c26-12-17-5-10-20(35-18-6-1-15(2-7-18)13-29-22(31)27-24(33)37-29)11-21(17)36-19-8-3-16(4-9-19)14-30-23(32)28-25(34)38-30/h1-11H,13-14H2,(H,27,31,33)(H,28,32,34). The van der Waals surface area contributed by atoms with E-state index in [9.17, 15) is 24.4 Å². The summed E-state index contributed by atoms with van der Waals surface area (Å²) in [7, 11) is 0. The highest BCUT2D eigenvalue weighted by atomic mass is 16.5. The predicted molar refractivity (Wildman–Crippen MR) is 130 cm³/mol. The quantitative estimate of drug-likeness (QED) is 0.313. The molecule has 0 spiro atoms. The molecule has 0 atom stereocenters. The summed E-state index contributed by atoms with van der Waals surface area (Å²) in [6, 6.07) is 20.3. The van der Waals surface area contributed by atoms with E-state index >= 15 is 0 Å². The van der Waals surface area contributed by atoms with Crippen LogP contribution in [-0.2, 0) is 13.1 Å². The van der Waals surface area contributed by atoms with Gasteiger partial charge in [0, 0.05) is 6.07 Å². The Balaban J connectivity index is 1.28. The number of rotatable bonds is 8. The molecule has 0 saturated heterocycles. The van der Waals surface area contributed by atoms with Crippen molar-refractivity contribution >= 4 is 0 Å². The minimum absolute atomic E-state index is 0.0553. The number of hydrogen-bond acceptors (Lipinski definition) is 9. The first-order valence-corrected chi connectivity index (χ1v) is 11.0. The topological polar surface area (TPSA) is 178 Å². The molecule has 0 aliphatic heterocycles. The second-order valence-electron chi connectivity index (χ2n) is 7.95. The van der Waals surface area contributed by atoms with Crippen LogP contribution in [0.1, 0.15) is 16.7 Å². The van der Waals surface area contributed by atoms with Crippen molar-refractivity contribution in [2.24, 2.45) is 0 Å². The lowest BCUT2D eigenvalue weighted by atomic mass is 10.2. The Morgan fingerprint density at radius 2 is 1.16 bits per heavy atom. The molecule has 0 bridgehead atoms. The maximum Gasteiger partial charge on any atom is 0.440 e. The van der Waals surface area contributed by atoms with Gasteiger partial charge in [-0.25, -0.2) is 29.1 Å². The largest absolute Gasteiger partial charge is 0.457 e. The van der Waals surface area contributed by atoms with Gasteiger partial charge in [-0.05, 0) is 47.5 Å². The smallest absolute Gasteiger partial charge is 0.440 e. The molecule has 38 heavy (non-hydrogen) atoms. The molecule has 5 aromatic rings. The van der Waals surface area contributed by atoms with Gasteiger partial charge in [0.15, 0.2) is 0 Å². The summed E-state index contributed by atoms with van der Waals surface area (Å²) >= 11 is 0. The highest BCUT2D eigenvalue weighted by Crippen LogP contribution is 2.31. The summed E-state index contributed by atoms with van der Waals surface area (Å²) in [5, 5.41) is 9.49. The van der Waals surface area contributed by atoms with Crippen LogP contribution in [0, 0.1) is 11.3 Å². The zero-order valence-corrected chi connectivity index (χ0v) is 19.4. The van der Waals surface area contributed by atoms with E-state index in [1.165, 1.54) is 0 Å². The van der Waals surface area contributed by atoms with E-state index in [-0.39, 0.29) is 24.4 Å². The minimum atomic E-state index is -0.833. The van der Waals surface area contributed by atoms with E-state index < -0.39 is 22.9 Å². The average molecular weight is 515 g/mol. The SMILES string of the molecule is N#Cc1ccc(Oc2ccc(Cn3oc(=O)[nH]c3=O)cc2)cc1Oc1ccc(Cn2oc(=O)[nH]c2=O)cc1. The van der Waals surface area contributed by atoms with Crippen LogP contribution in [0.25, 0.3) is 0 Å². The number of aromatic nitrogens is 4. The molecule has 0 unspecified atom stereocenters. The van der Waals surface area contributed by atoms with E-state index in [4.69, 9.17) is 18.5 Å². The zero-order chi connectivity index (χ0) is 26.6. The highest BCUT2D eigenvalue weighted by Gasteiger charge is 2.10. The van der Waals surface area contributed by atoms with Crippen LogP contribution in [0.2, 0.25) is 0 Å². The van der Waals surface area contributed by atoms with Crippen LogP contribution >= 0.6 is 0 Å². The Kier molecular flexibility index (Phi) is 6.35. The van der Waals surface area contributed by atoms with Crippen molar-refractivity contribution in [1.82, 2.24) is 19.4 Å². The minimum Gasteiger partial charge on any atom is -0.457 e. The summed E-state index contributed by atoms with van der Waals surface area (Å²) in [6.45, 7) is 0.127. The van der Waals surface area contributed by atoms with E-state index in [1.54, 1.807) is 66.7 Å². The van der Waals surface area contributed by atoms with Crippen LogP contribution in [-0.4, -0.2) is 19.4 Å². The second-order valence-corrected chi connectivity index (χ2v) is 7.95. The van der Waals surface area contributed by atoms with E-state index in [0.717, 1.165) is 9.48 Å². The maximum atomic E-state index is 11.6. The van der Waals surface area contributed by atoms with Gasteiger partial charge in [-0.2, -0.15) is 5.26 Å². The van der Waals surface area contributed by atoms with Gasteiger partial charge in [-0.1, -0.05) is 24.3 Å². The van der Waals surface area contributed by atoms with Crippen molar-refractivity contribution in [2.75, 3.05) is 0 Å². The third-order valence-electron chi connectivity index (χ3n) is 5.29. The molecule has 0 aliphatic carbocycles. The lowest BCUT2D eigenvalue weighted by Crippen LogP contribution is -2.17. The zero-order valence-electron chi connectivity index (χ0n) is 19.4. The second kappa shape index (κ2) is 10.1. The summed E-state index contributed by atoms with van der Waals surface area (Å²) in [5.74, 6) is -0.0553. The van der Waals surface area contributed by atoms with Crippen LogP contribution < -0.4 is 32.4 Å². The molecule has 0 saturated carbocycles. The van der Waals surface area contributed by atoms with Crippen molar-refractivity contribution < 1.29 is 18.5 Å². The molecule has 13 heteroatoms. The maximum absolute atomic E-state index is 11.6. The number of nitrogens with one attached hydrogen (secondary N) is 2. The lowest BCUT2D eigenvalue weighted by molar-refractivity contribution is 0.258. The van der Waals surface area contributed by atoms with Crippen molar-refractivity contribution in [3.63, 3.8) is 0 Å². The number of benzene rings is 3. The fraction of sp³-hybridized carbons (Fsp3) is 0.0800. The Morgan fingerprint density at radius 3 is 1.61 bits per heavy atom. The molecule has 0 amide bonds. The third-order valence-corrected chi connectivity index (χ3v) is 5.29. The summed E-state index contributed by atoms with van der Waals surface area (Å²) in [4.78, 5) is 49.5. The van der Waals surface area contributed by atoms with Crippen LogP contribution in [0.5, 0.6) is 23.0 Å². The highest BCUT2D eigenvalue weighted by molar-refractivity contribution is 5.50. The molecular formula is C25H17N5O8. The van der Waals surface area contributed by atoms with Crippen molar-refractivity contribution in [1.29, 1.82) is 5.26 Å². The molecular weight excluding hydrogens is 498 g/mol. The van der Waals surface area contributed by atoms with Crippen LogP contribution in [0.3, 0.4) is 0 Å². The molecule has 190 valence electrons. The number of nitrogens with zero attached hydrogens (tertiary/aromatic N) is 3. The first-order valence-electron chi connectivity index (χ1n) is 11.0. The predicted octanol–water partition coefficient (Wildman–Crippen LogP) is 2.13. The van der Waals surface area contributed by atoms with Crippen LogP contribution in [0.15, 0.2) is 95.0 Å². The number of H-pyrrole nitrogens is 2. The van der Waals surface area contributed by atoms with Crippen molar-refractivity contribution in [3.05, 3.63) is 125 Å². The molecule has 13 nitrogen and oxygen atoms in total. The van der Waals surface area contributed by atoms with Gasteiger partial charge in [0.2, 0.25) is 0 Å². The van der Waals surface area contributed by atoms with E-state index in [1.807, 2.05) is 9.97 Å². The molecule has 2 heterocycles. The monoisotopic (exact) mass is 515 g/mol. The van der Waals surface area contributed by atoms with E-state index in [2.05, 4.69) is 6.07 Å². The fourth-order valence-corrected chi connectivity index (χ4v) is 3.50. The molecule has 0 fully saturated rings. The molecule has 0 radical (unpaired) electrons. The Labute approximate surface area is 211 Å². The molecule has 2 N–H and O–H groups in total. The lowest BCUT2D eigenvalue weighted by Gasteiger charge is -2.11. The van der Waals surface area contributed by atoms with Gasteiger partial charge >= 0.3 is 22.9 Å². The van der Waals surface area contributed by atoms with Crippen molar-refractivity contribution in [3.8, 4) is 29.1 Å². The van der Waals surface area contributed by atoms with Gasteiger partial charge in [0.05, 0.1) is 18.7 Å². The summed E-state index contributed by atoms with van der Waals surface area (Å²) in [6.07, 6.45) is 0. The molecule has 0 aliphatic rings. The Bertz CT molecular complexity index is 1860. The first kappa shape index (κ1) is 23.9.